The monoisotopic (exact) mass is 893 g/mol. The molecule has 4 heteroatoms. The van der Waals surface area contributed by atoms with Crippen LogP contribution in [0.4, 0.5) is 0 Å². The molecule has 1 aliphatic carbocycles. The number of nitrogens with zero attached hydrogens (tertiary/aromatic N) is 3. The Morgan fingerprint density at radius 3 is 1.43 bits per heavy atom. The molecule has 0 saturated carbocycles. The topological polar surface area (TPSA) is 27.9 Å². The van der Waals surface area contributed by atoms with Crippen molar-refractivity contribution in [3.8, 4) is 50.4 Å². The van der Waals surface area contributed by atoms with Crippen LogP contribution in [0, 0.1) is 0 Å². The van der Waals surface area contributed by atoms with Gasteiger partial charge in [0.05, 0.1) is 27.6 Å². The average molecular weight is 894 g/mol. The van der Waals surface area contributed by atoms with Crippen LogP contribution in [0.5, 0.6) is 0 Å². The van der Waals surface area contributed by atoms with E-state index in [1.807, 2.05) is 0 Å². The van der Waals surface area contributed by atoms with E-state index in [9.17, 15) is 0 Å². The number of allylic oxidation sites excluding steroid dienone is 1. The van der Waals surface area contributed by atoms with Gasteiger partial charge in [-0.2, -0.15) is 0 Å². The second-order valence-corrected chi connectivity index (χ2v) is 18.8. The molecule has 10 aromatic carbocycles. The molecule has 14 aromatic rings. The van der Waals surface area contributed by atoms with Crippen molar-refractivity contribution < 1.29 is 4.42 Å². The Morgan fingerprint density at radius 2 is 0.800 bits per heavy atom. The highest BCUT2D eigenvalue weighted by Gasteiger charge is 2.22. The number of para-hydroxylation sites is 4. The molecule has 0 fully saturated rings. The summed E-state index contributed by atoms with van der Waals surface area (Å²) in [6.07, 6.45) is 6.74. The van der Waals surface area contributed by atoms with Crippen LogP contribution < -0.4 is 0 Å². The average Bonchev–Trinajstić information content (AvgIpc) is 4.17. The summed E-state index contributed by atoms with van der Waals surface area (Å²) in [5.41, 5.74) is 21.0. The van der Waals surface area contributed by atoms with E-state index in [-0.39, 0.29) is 0 Å². The van der Waals surface area contributed by atoms with E-state index >= 15 is 0 Å². The van der Waals surface area contributed by atoms with Crippen molar-refractivity contribution >= 4 is 82.5 Å². The zero-order chi connectivity index (χ0) is 45.9. The van der Waals surface area contributed by atoms with Gasteiger partial charge >= 0.3 is 0 Å². The Kier molecular flexibility index (Phi) is 8.45. The lowest BCUT2D eigenvalue weighted by Crippen LogP contribution is -2.02. The van der Waals surface area contributed by atoms with Crippen molar-refractivity contribution in [2.75, 3.05) is 0 Å². The third kappa shape index (κ3) is 5.83. The van der Waals surface area contributed by atoms with Gasteiger partial charge in [0.15, 0.2) is 0 Å². The molecule has 0 amide bonds. The van der Waals surface area contributed by atoms with E-state index in [2.05, 4.69) is 250 Å². The highest BCUT2D eigenvalue weighted by atomic mass is 16.3. The van der Waals surface area contributed by atoms with Crippen LogP contribution in [0.2, 0.25) is 0 Å². The maximum atomic E-state index is 6.65. The predicted molar refractivity (Wildman–Crippen MR) is 293 cm³/mol. The number of hydrogen-bond donors (Lipinski definition) is 0. The number of fused-ring (bicyclic) bond motifs is 12. The van der Waals surface area contributed by atoms with Gasteiger partial charge in [-0.3, -0.25) is 0 Å². The summed E-state index contributed by atoms with van der Waals surface area (Å²) in [6.45, 7) is 0. The molecular weight excluding hydrogens is 851 g/mol. The molecule has 0 radical (unpaired) electrons. The molecule has 0 unspecified atom stereocenters. The first-order valence-corrected chi connectivity index (χ1v) is 24.3. The van der Waals surface area contributed by atoms with Crippen molar-refractivity contribution in [2.24, 2.45) is 0 Å². The number of furan rings is 1. The molecular formula is C66H43N3O. The van der Waals surface area contributed by atoms with E-state index in [1.54, 1.807) is 0 Å². The van der Waals surface area contributed by atoms with Crippen LogP contribution >= 0.6 is 0 Å². The van der Waals surface area contributed by atoms with E-state index < -0.39 is 0 Å². The van der Waals surface area contributed by atoms with Crippen LogP contribution in [-0.2, 0) is 6.42 Å². The third-order valence-corrected chi connectivity index (χ3v) is 14.9. The van der Waals surface area contributed by atoms with Crippen molar-refractivity contribution in [1.29, 1.82) is 0 Å². The Morgan fingerprint density at radius 1 is 0.329 bits per heavy atom. The second-order valence-electron chi connectivity index (χ2n) is 18.8. The first-order valence-electron chi connectivity index (χ1n) is 24.3. The van der Waals surface area contributed by atoms with Gasteiger partial charge in [-0.25, -0.2) is 0 Å². The van der Waals surface area contributed by atoms with E-state index in [0.717, 1.165) is 62.8 Å². The summed E-state index contributed by atoms with van der Waals surface area (Å²) in [5.74, 6) is 0. The van der Waals surface area contributed by atoms with Crippen LogP contribution in [0.1, 0.15) is 17.7 Å². The first-order chi connectivity index (χ1) is 34.7. The third-order valence-electron chi connectivity index (χ3n) is 14.9. The van der Waals surface area contributed by atoms with Gasteiger partial charge in [0.25, 0.3) is 0 Å². The van der Waals surface area contributed by atoms with Crippen LogP contribution in [0.15, 0.2) is 235 Å². The first kappa shape index (κ1) is 38.9. The number of aromatic nitrogens is 3. The maximum Gasteiger partial charge on any atom is 0.136 e. The summed E-state index contributed by atoms with van der Waals surface area (Å²) in [7, 11) is 0. The normalized spacial score (nSPS) is 12.7. The molecule has 4 aromatic heterocycles. The number of benzene rings is 10. The van der Waals surface area contributed by atoms with Crippen molar-refractivity contribution in [3.05, 3.63) is 242 Å². The zero-order valence-electron chi connectivity index (χ0n) is 38.2. The molecule has 0 atom stereocenters. The molecule has 328 valence electrons. The summed E-state index contributed by atoms with van der Waals surface area (Å²) in [6, 6.07) is 82.0. The van der Waals surface area contributed by atoms with E-state index in [0.29, 0.717) is 0 Å². The summed E-state index contributed by atoms with van der Waals surface area (Å²) < 4.78 is 13.9. The SMILES string of the molecule is C1=Cc2c(n(-c3ccccc3)c3ccc(-c4ccc5c(c4)c4cc(-c6cccc7oc8ccc(-c9ccc%10c(c9)c9ccccc9n%10-c9ccccc9)cc8c67)ccc4n5-c4ccccc4)cc23)CC1. The molecule has 70 heavy (non-hydrogen) atoms. The van der Waals surface area contributed by atoms with Crippen LogP contribution in [0.3, 0.4) is 0 Å². The quantitative estimate of drug-likeness (QED) is 0.163. The fourth-order valence-electron chi connectivity index (χ4n) is 11.8. The van der Waals surface area contributed by atoms with Gasteiger partial charge in [0, 0.05) is 66.0 Å². The fraction of sp³-hybridized carbons (Fsp3) is 0.0303. The largest absolute Gasteiger partial charge is 0.456 e. The standard InChI is InChI=1S/C66H43N3O/c1-4-15-47(16-5-1)67-58-24-12-10-21-51(58)53-37-42(27-32-60(53)67)44-29-34-62-55(39-44)56-41-46(30-35-63(56)69(62)49-19-8-3-9-20-49)50-23-14-26-65-66(50)57-40-45(31-36-64(57)70-65)43-28-33-61-54(38-43)52-22-11-13-25-59(52)68(61)48-17-6-2-7-18-48/h1-11,13-23,25-41H,12,24H2. The molecule has 1 aliphatic rings. The smallest absolute Gasteiger partial charge is 0.136 e. The minimum atomic E-state index is 0.882. The van der Waals surface area contributed by atoms with Crippen LogP contribution in [0.25, 0.3) is 133 Å². The summed E-state index contributed by atoms with van der Waals surface area (Å²) in [4.78, 5) is 0. The molecule has 0 aliphatic heterocycles. The zero-order valence-corrected chi connectivity index (χ0v) is 38.2. The van der Waals surface area contributed by atoms with E-state index in [4.69, 9.17) is 4.42 Å². The molecule has 4 nitrogen and oxygen atoms in total. The summed E-state index contributed by atoms with van der Waals surface area (Å²) >= 11 is 0. The molecule has 0 spiro atoms. The lowest BCUT2D eigenvalue weighted by atomic mass is 9.95. The Balaban J connectivity index is 0.888. The second kappa shape index (κ2) is 15.2. The Hall–Kier alpha value is -9.12. The van der Waals surface area contributed by atoms with Gasteiger partial charge in [-0.15, -0.1) is 0 Å². The van der Waals surface area contributed by atoms with Crippen molar-refractivity contribution in [2.45, 2.75) is 12.8 Å². The number of hydrogen-bond acceptors (Lipinski definition) is 1. The predicted octanol–water partition coefficient (Wildman–Crippen LogP) is 17.7. The molecule has 0 bridgehead atoms. The lowest BCUT2D eigenvalue weighted by molar-refractivity contribution is 0.669. The minimum absolute atomic E-state index is 0.882. The lowest BCUT2D eigenvalue weighted by Gasteiger charge is -2.13. The maximum absolute atomic E-state index is 6.65. The van der Waals surface area contributed by atoms with Crippen LogP contribution in [-0.4, -0.2) is 13.7 Å². The Bertz CT molecular complexity index is 4450. The Labute approximate surface area is 403 Å². The number of rotatable bonds is 6. The minimum Gasteiger partial charge on any atom is -0.456 e. The van der Waals surface area contributed by atoms with Gasteiger partial charge in [-0.05, 0) is 155 Å². The molecule has 0 saturated heterocycles. The molecule has 0 N–H and O–H groups in total. The molecule has 4 heterocycles. The fourth-order valence-corrected chi connectivity index (χ4v) is 11.8. The van der Waals surface area contributed by atoms with Gasteiger partial charge in [0.1, 0.15) is 11.2 Å². The van der Waals surface area contributed by atoms with Crippen molar-refractivity contribution in [3.63, 3.8) is 0 Å². The van der Waals surface area contributed by atoms with Gasteiger partial charge in [0.2, 0.25) is 0 Å². The van der Waals surface area contributed by atoms with Gasteiger partial charge in [-0.1, -0.05) is 127 Å². The van der Waals surface area contributed by atoms with Gasteiger partial charge < -0.3 is 18.1 Å². The highest BCUT2D eigenvalue weighted by molar-refractivity contribution is 6.17. The van der Waals surface area contributed by atoms with E-state index in [1.165, 1.54) is 88.1 Å². The molecule has 15 rings (SSSR count). The highest BCUT2D eigenvalue weighted by Crippen LogP contribution is 2.44. The summed E-state index contributed by atoms with van der Waals surface area (Å²) in [5, 5.41) is 8.44. The van der Waals surface area contributed by atoms with Crippen molar-refractivity contribution in [1.82, 2.24) is 13.7 Å².